The number of aryl methyl sites for hydroxylation is 1. The van der Waals surface area contributed by atoms with E-state index in [9.17, 15) is 34.5 Å². The van der Waals surface area contributed by atoms with Crippen molar-refractivity contribution in [3.8, 4) is 5.75 Å². The highest BCUT2D eigenvalue weighted by molar-refractivity contribution is 6.10. The number of carboxylic acids is 3. The molecule has 0 spiro atoms. The molecule has 0 aliphatic heterocycles. The Kier molecular flexibility index (Phi) is 8.80. The number of carbonyl (C=O) groups is 4. The zero-order chi connectivity index (χ0) is 31.2. The predicted octanol–water partition coefficient (Wildman–Crippen LogP) is 5.91. The van der Waals surface area contributed by atoms with E-state index >= 15 is 0 Å². The van der Waals surface area contributed by atoms with E-state index in [-0.39, 0.29) is 6.54 Å². The van der Waals surface area contributed by atoms with E-state index in [4.69, 9.17) is 4.84 Å². The number of fused-ring (bicyclic) bond motifs is 1. The minimum Gasteiger partial charge on any atom is -0.478 e. The summed E-state index contributed by atoms with van der Waals surface area (Å²) in [4.78, 5) is 57.2. The fourth-order valence-corrected chi connectivity index (χ4v) is 5.44. The van der Waals surface area contributed by atoms with E-state index < -0.39 is 52.1 Å². The van der Waals surface area contributed by atoms with Gasteiger partial charge >= 0.3 is 17.9 Å². The first kappa shape index (κ1) is 29.7. The molecule has 3 N–H and O–H groups in total. The molecule has 0 unspecified atom stereocenters. The number of oxime groups is 1. The van der Waals surface area contributed by atoms with Crippen LogP contribution in [0.3, 0.4) is 0 Å². The third-order valence-electron chi connectivity index (χ3n) is 7.46. The number of amides is 1. The van der Waals surface area contributed by atoms with Crippen LogP contribution in [0, 0.1) is 0 Å². The predicted molar refractivity (Wildman–Crippen MR) is 160 cm³/mol. The lowest BCUT2D eigenvalue weighted by molar-refractivity contribution is 0.0611. The van der Waals surface area contributed by atoms with Crippen molar-refractivity contribution in [1.82, 2.24) is 4.90 Å². The maximum absolute atomic E-state index is 14.3. The first-order valence-corrected chi connectivity index (χ1v) is 13.8. The molecule has 1 amide bonds. The smallest absolute Gasteiger partial charge is 0.336 e. The Morgan fingerprint density at radius 3 is 2.11 bits per heavy atom. The fraction of sp³-hybridized carbons (Fsp3) is 0.147. The lowest BCUT2D eigenvalue weighted by Crippen LogP contribution is -2.37. The summed E-state index contributed by atoms with van der Waals surface area (Å²) >= 11 is 0. The summed E-state index contributed by atoms with van der Waals surface area (Å²) < 4.78 is 0. The Labute approximate surface area is 252 Å². The van der Waals surface area contributed by atoms with Crippen LogP contribution in [0.25, 0.3) is 0 Å². The normalized spacial score (nSPS) is 14.0. The number of para-hydroxylation sites is 1. The molecule has 0 saturated carbocycles. The maximum Gasteiger partial charge on any atom is 0.336 e. The molecule has 0 radical (unpaired) electrons. The zero-order valence-electron chi connectivity index (χ0n) is 23.4. The monoisotopic (exact) mass is 592 g/mol. The van der Waals surface area contributed by atoms with Gasteiger partial charge in [-0.2, -0.15) is 0 Å². The van der Waals surface area contributed by atoms with Gasteiger partial charge in [0.25, 0.3) is 5.91 Å². The van der Waals surface area contributed by atoms with E-state index in [2.05, 4.69) is 5.16 Å². The van der Waals surface area contributed by atoms with E-state index in [0.717, 1.165) is 36.1 Å². The SMILES string of the molecule is O=C(O)c1cc(C(=O)O)c(C(=O)N(Cc2cccc(/C=N/Oc3ccccc3)c2)[C@H]2CCCc3ccccc32)cc1C(=O)O. The number of hydrogen-bond acceptors (Lipinski definition) is 6. The molecule has 0 heterocycles. The molecule has 10 heteroatoms. The van der Waals surface area contributed by atoms with Crippen molar-refractivity contribution in [2.75, 3.05) is 0 Å². The van der Waals surface area contributed by atoms with Crippen LogP contribution < -0.4 is 4.84 Å². The number of carbonyl (C=O) groups excluding carboxylic acids is 1. The average Bonchev–Trinajstić information content (AvgIpc) is 3.03. The van der Waals surface area contributed by atoms with Crippen molar-refractivity contribution >= 4 is 30.0 Å². The minimum absolute atomic E-state index is 0.0567. The summed E-state index contributed by atoms with van der Waals surface area (Å²) in [6.45, 7) is 0.0567. The Morgan fingerprint density at radius 1 is 0.773 bits per heavy atom. The molecule has 0 saturated heterocycles. The second-order valence-electron chi connectivity index (χ2n) is 10.3. The van der Waals surface area contributed by atoms with Crippen LogP contribution in [0.4, 0.5) is 0 Å². The molecule has 1 aliphatic carbocycles. The third kappa shape index (κ3) is 6.49. The molecule has 10 nitrogen and oxygen atoms in total. The Balaban J connectivity index is 1.56. The second kappa shape index (κ2) is 13.0. The van der Waals surface area contributed by atoms with Gasteiger partial charge in [0.05, 0.1) is 34.5 Å². The van der Waals surface area contributed by atoms with Gasteiger partial charge in [0, 0.05) is 6.54 Å². The molecule has 1 aliphatic rings. The second-order valence-corrected chi connectivity index (χ2v) is 10.3. The van der Waals surface area contributed by atoms with Gasteiger partial charge in [-0.3, -0.25) is 4.79 Å². The van der Waals surface area contributed by atoms with Crippen molar-refractivity contribution in [3.63, 3.8) is 0 Å². The molecule has 0 aromatic heterocycles. The van der Waals surface area contributed by atoms with Gasteiger partial charge in [-0.1, -0.05) is 65.8 Å². The molecular weight excluding hydrogens is 564 g/mol. The van der Waals surface area contributed by atoms with Gasteiger partial charge in [0.2, 0.25) is 0 Å². The van der Waals surface area contributed by atoms with Crippen LogP contribution >= 0.6 is 0 Å². The molecule has 222 valence electrons. The third-order valence-corrected chi connectivity index (χ3v) is 7.46. The average molecular weight is 593 g/mol. The van der Waals surface area contributed by atoms with Crippen molar-refractivity contribution < 1.29 is 39.3 Å². The summed E-state index contributed by atoms with van der Waals surface area (Å²) in [7, 11) is 0. The lowest BCUT2D eigenvalue weighted by atomic mass is 9.86. The van der Waals surface area contributed by atoms with Crippen LogP contribution in [0.1, 0.15) is 82.6 Å². The largest absolute Gasteiger partial charge is 0.478 e. The van der Waals surface area contributed by atoms with Crippen molar-refractivity contribution in [2.45, 2.75) is 31.8 Å². The lowest BCUT2D eigenvalue weighted by Gasteiger charge is -2.36. The highest BCUT2D eigenvalue weighted by Crippen LogP contribution is 2.37. The Hall–Kier alpha value is -5.77. The number of rotatable bonds is 10. The van der Waals surface area contributed by atoms with Crippen LogP contribution in [0.5, 0.6) is 5.75 Å². The van der Waals surface area contributed by atoms with Crippen LogP contribution in [0.15, 0.2) is 96.2 Å². The topological polar surface area (TPSA) is 154 Å². The van der Waals surface area contributed by atoms with Gasteiger partial charge in [-0.15, -0.1) is 0 Å². The molecule has 4 aromatic carbocycles. The Bertz CT molecular complexity index is 1770. The summed E-state index contributed by atoms with van der Waals surface area (Å²) in [5.74, 6) is -4.91. The Morgan fingerprint density at radius 2 is 1.41 bits per heavy atom. The molecule has 1 atom stereocenters. The molecule has 4 aromatic rings. The zero-order valence-corrected chi connectivity index (χ0v) is 23.4. The summed E-state index contributed by atoms with van der Waals surface area (Å²) in [6.07, 6.45) is 3.72. The molecule has 0 bridgehead atoms. The molecule has 5 rings (SSSR count). The van der Waals surface area contributed by atoms with Gasteiger partial charge in [-0.25, -0.2) is 14.4 Å². The summed E-state index contributed by atoms with van der Waals surface area (Å²) in [5, 5.41) is 33.3. The first-order valence-electron chi connectivity index (χ1n) is 13.8. The molecule has 0 fully saturated rings. The highest BCUT2D eigenvalue weighted by atomic mass is 16.6. The van der Waals surface area contributed by atoms with E-state index in [1.54, 1.807) is 18.2 Å². The van der Waals surface area contributed by atoms with Crippen LogP contribution in [-0.2, 0) is 13.0 Å². The van der Waals surface area contributed by atoms with Gasteiger partial charge in [-0.05, 0) is 71.8 Å². The van der Waals surface area contributed by atoms with Crippen LogP contribution in [-0.4, -0.2) is 50.2 Å². The van der Waals surface area contributed by atoms with Crippen molar-refractivity contribution in [1.29, 1.82) is 0 Å². The standard InChI is InChI=1S/C34H28N2O8/c37-31(26-17-28(33(40)41)29(34(42)43)18-27(26)32(38)39)36(30-15-7-11-23-10-4-5-14-25(23)30)20-22-9-6-8-21(16-22)19-35-44-24-12-2-1-3-13-24/h1-6,8-10,12-14,16-19,30H,7,11,15,20H2,(H,38,39)(H,40,41)(H,42,43)/b35-19+/t30-/m0/s1. The number of nitrogens with zero attached hydrogens (tertiary/aromatic N) is 2. The van der Waals surface area contributed by atoms with Crippen molar-refractivity contribution in [3.05, 3.63) is 136 Å². The van der Waals surface area contributed by atoms with Gasteiger partial charge < -0.3 is 25.1 Å². The summed E-state index contributed by atoms with van der Waals surface area (Å²) in [6, 6.07) is 25.1. The number of benzene rings is 4. The molecule has 44 heavy (non-hydrogen) atoms. The fourth-order valence-electron chi connectivity index (χ4n) is 5.44. The van der Waals surface area contributed by atoms with E-state index in [1.807, 2.05) is 60.7 Å². The highest BCUT2D eigenvalue weighted by Gasteiger charge is 2.33. The van der Waals surface area contributed by atoms with Crippen LogP contribution in [0.2, 0.25) is 0 Å². The molecular formula is C34H28N2O8. The maximum atomic E-state index is 14.3. The number of aromatic carboxylic acids is 3. The van der Waals surface area contributed by atoms with E-state index in [0.29, 0.717) is 23.3 Å². The number of hydrogen-bond donors (Lipinski definition) is 3. The van der Waals surface area contributed by atoms with Gasteiger partial charge in [0.1, 0.15) is 0 Å². The minimum atomic E-state index is -1.61. The quantitative estimate of drug-likeness (QED) is 0.152. The summed E-state index contributed by atoms with van der Waals surface area (Å²) in [5.41, 5.74) is 0.993. The number of carboxylic acid groups (broad SMARTS) is 3. The van der Waals surface area contributed by atoms with E-state index in [1.165, 1.54) is 11.1 Å². The van der Waals surface area contributed by atoms with Crippen molar-refractivity contribution in [2.24, 2.45) is 5.16 Å². The van der Waals surface area contributed by atoms with Gasteiger partial charge in [0.15, 0.2) is 5.75 Å². The first-order chi connectivity index (χ1) is 21.2.